The number of nitro benzene ring substituents is 1. The van der Waals surface area contributed by atoms with Gasteiger partial charge in [0.05, 0.1) is 22.1 Å². The van der Waals surface area contributed by atoms with Gasteiger partial charge < -0.3 is 4.74 Å². The Morgan fingerprint density at radius 1 is 1.14 bits per heavy atom. The van der Waals surface area contributed by atoms with Crippen LogP contribution in [0.3, 0.4) is 0 Å². The number of rotatable bonds is 7. The van der Waals surface area contributed by atoms with Gasteiger partial charge in [0, 0.05) is 6.07 Å². The number of thioether (sulfide) groups is 1. The molecule has 0 bridgehead atoms. The summed E-state index contributed by atoms with van der Waals surface area (Å²) in [6.07, 6.45) is 2.05. The topological polar surface area (TPSA) is 107 Å². The number of nitro groups is 1. The molecule has 2 amide bonds. The predicted octanol–water partition coefficient (Wildman–Crippen LogP) is 2.92. The summed E-state index contributed by atoms with van der Waals surface area (Å²) in [6, 6.07) is 10.4. The van der Waals surface area contributed by atoms with E-state index >= 15 is 0 Å². The average Bonchev–Trinajstić information content (AvgIpc) is 2.94. The lowest BCUT2D eigenvalue weighted by molar-refractivity contribution is -0.384. The molecule has 0 unspecified atom stereocenters. The van der Waals surface area contributed by atoms with Gasteiger partial charge in [-0.3, -0.25) is 24.6 Å². The van der Waals surface area contributed by atoms with Gasteiger partial charge in [0.2, 0.25) is 0 Å². The van der Waals surface area contributed by atoms with Crippen molar-refractivity contribution in [2.45, 2.75) is 12.5 Å². The number of benzene rings is 2. The summed E-state index contributed by atoms with van der Waals surface area (Å²) < 4.78 is 5.27. The van der Waals surface area contributed by atoms with E-state index in [9.17, 15) is 24.5 Å². The third-order valence-corrected chi connectivity index (χ3v) is 4.90. The minimum atomic E-state index is -1.13. The molecule has 1 aliphatic rings. The number of fused-ring (bicyclic) bond motifs is 1. The van der Waals surface area contributed by atoms with Crippen molar-refractivity contribution in [2.75, 3.05) is 12.0 Å². The van der Waals surface area contributed by atoms with Crippen molar-refractivity contribution in [2.24, 2.45) is 0 Å². The number of amides is 2. The Labute approximate surface area is 164 Å². The van der Waals surface area contributed by atoms with Crippen LogP contribution in [0.15, 0.2) is 48.5 Å². The predicted molar refractivity (Wildman–Crippen MR) is 102 cm³/mol. The number of ether oxygens (including phenoxy) is 1. The van der Waals surface area contributed by atoms with Gasteiger partial charge in [-0.15, -0.1) is 0 Å². The quantitative estimate of drug-likeness (QED) is 0.231. The Balaban J connectivity index is 1.87. The van der Waals surface area contributed by atoms with Crippen molar-refractivity contribution in [1.29, 1.82) is 0 Å². The number of nitrogens with zero attached hydrogens (tertiary/aromatic N) is 2. The van der Waals surface area contributed by atoms with Crippen LogP contribution in [0.4, 0.5) is 5.69 Å². The lowest BCUT2D eigenvalue weighted by Crippen LogP contribution is -2.47. The van der Waals surface area contributed by atoms with E-state index in [4.69, 9.17) is 4.74 Å². The number of esters is 1. The maximum absolute atomic E-state index is 12.8. The largest absolute Gasteiger partial charge is 0.425 e. The molecular formula is C19H16N2O6S. The number of non-ortho nitro benzene ring substituents is 1. The summed E-state index contributed by atoms with van der Waals surface area (Å²) in [7, 11) is 0. The van der Waals surface area contributed by atoms with Crippen LogP contribution < -0.4 is 4.74 Å². The molecule has 2 aromatic rings. The van der Waals surface area contributed by atoms with E-state index in [1.54, 1.807) is 12.1 Å². The molecule has 0 fully saturated rings. The summed E-state index contributed by atoms with van der Waals surface area (Å²) in [5.41, 5.74) is 0.251. The van der Waals surface area contributed by atoms with Gasteiger partial charge in [0.25, 0.3) is 17.5 Å². The minimum absolute atomic E-state index is 0.0232. The highest BCUT2D eigenvalue weighted by atomic mass is 32.2. The summed E-state index contributed by atoms with van der Waals surface area (Å²) in [5.74, 6) is -1.43. The van der Waals surface area contributed by atoms with Gasteiger partial charge in [-0.1, -0.05) is 18.2 Å². The third kappa shape index (κ3) is 3.74. The zero-order chi connectivity index (χ0) is 20.3. The second-order valence-corrected chi connectivity index (χ2v) is 6.98. The summed E-state index contributed by atoms with van der Waals surface area (Å²) >= 11 is 1.46. The zero-order valence-electron chi connectivity index (χ0n) is 14.9. The Kier molecular flexibility index (Phi) is 5.74. The fourth-order valence-corrected chi connectivity index (χ4v) is 3.38. The molecule has 0 aromatic heterocycles. The molecule has 0 saturated carbocycles. The molecule has 9 heteroatoms. The minimum Gasteiger partial charge on any atom is -0.425 e. The van der Waals surface area contributed by atoms with Crippen molar-refractivity contribution in [3.63, 3.8) is 0 Å². The van der Waals surface area contributed by atoms with E-state index in [0.29, 0.717) is 5.75 Å². The number of carbonyl (C=O) groups excluding carboxylic acids is 3. The van der Waals surface area contributed by atoms with Crippen molar-refractivity contribution in [1.82, 2.24) is 4.90 Å². The van der Waals surface area contributed by atoms with Gasteiger partial charge in [0.1, 0.15) is 11.8 Å². The molecule has 8 nitrogen and oxygen atoms in total. The normalized spacial score (nSPS) is 14.0. The van der Waals surface area contributed by atoms with E-state index in [-0.39, 0.29) is 29.0 Å². The van der Waals surface area contributed by atoms with Gasteiger partial charge in [-0.25, -0.2) is 4.79 Å². The van der Waals surface area contributed by atoms with Crippen LogP contribution in [0.2, 0.25) is 0 Å². The molecule has 28 heavy (non-hydrogen) atoms. The van der Waals surface area contributed by atoms with E-state index < -0.39 is 28.7 Å². The maximum atomic E-state index is 12.8. The van der Waals surface area contributed by atoms with E-state index in [1.165, 1.54) is 42.1 Å². The molecule has 0 saturated heterocycles. The Morgan fingerprint density at radius 3 is 2.36 bits per heavy atom. The number of hydrogen-bond acceptors (Lipinski definition) is 7. The summed E-state index contributed by atoms with van der Waals surface area (Å²) in [4.78, 5) is 49.4. The molecule has 0 radical (unpaired) electrons. The SMILES string of the molecule is CSCC[C@@H](C(=O)Oc1cccc([N+](=O)[O-])c1)N1C(=O)c2ccccc2C1=O. The number of imide groups is 1. The Morgan fingerprint density at radius 2 is 1.79 bits per heavy atom. The van der Waals surface area contributed by atoms with Gasteiger partial charge in [0.15, 0.2) is 0 Å². The van der Waals surface area contributed by atoms with Crippen molar-refractivity contribution in [3.8, 4) is 5.75 Å². The second kappa shape index (κ2) is 8.22. The number of carbonyl (C=O) groups is 3. The second-order valence-electron chi connectivity index (χ2n) is 6.00. The van der Waals surface area contributed by atoms with Crippen molar-refractivity contribution >= 4 is 35.2 Å². The smallest absolute Gasteiger partial charge is 0.334 e. The fourth-order valence-electron chi connectivity index (χ4n) is 2.92. The Hall–Kier alpha value is -3.20. The lowest BCUT2D eigenvalue weighted by Gasteiger charge is -2.24. The molecule has 0 spiro atoms. The molecule has 0 N–H and O–H groups in total. The average molecular weight is 400 g/mol. The molecule has 144 valence electrons. The van der Waals surface area contributed by atoms with Crippen LogP contribution in [0.25, 0.3) is 0 Å². The molecule has 1 heterocycles. The first kappa shape index (κ1) is 19.6. The zero-order valence-corrected chi connectivity index (χ0v) is 15.7. The van der Waals surface area contributed by atoms with Gasteiger partial charge in [-0.05, 0) is 36.6 Å². The summed E-state index contributed by atoms with van der Waals surface area (Å²) in [5, 5.41) is 10.9. The molecular weight excluding hydrogens is 384 g/mol. The van der Waals surface area contributed by atoms with E-state index in [0.717, 1.165) is 11.0 Å². The fraction of sp³-hybridized carbons (Fsp3) is 0.211. The molecule has 2 aromatic carbocycles. The van der Waals surface area contributed by atoms with Crippen LogP contribution in [0.5, 0.6) is 5.75 Å². The highest BCUT2D eigenvalue weighted by Crippen LogP contribution is 2.27. The van der Waals surface area contributed by atoms with Crippen molar-refractivity contribution in [3.05, 3.63) is 69.8 Å². The van der Waals surface area contributed by atoms with Gasteiger partial charge >= 0.3 is 5.97 Å². The summed E-state index contributed by atoms with van der Waals surface area (Å²) in [6.45, 7) is 0. The standard InChI is InChI=1S/C19H16N2O6S/c1-28-10-9-16(19(24)27-13-6-4-5-12(11-13)21(25)26)20-17(22)14-7-2-3-8-15(14)18(20)23/h2-8,11,16H,9-10H2,1H3/t16-/m0/s1. The van der Waals surface area contributed by atoms with Gasteiger partial charge in [-0.2, -0.15) is 11.8 Å². The highest BCUT2D eigenvalue weighted by Gasteiger charge is 2.43. The first-order chi connectivity index (χ1) is 13.4. The van der Waals surface area contributed by atoms with E-state index in [1.807, 2.05) is 6.26 Å². The van der Waals surface area contributed by atoms with Crippen LogP contribution in [-0.4, -0.2) is 45.7 Å². The van der Waals surface area contributed by atoms with Crippen molar-refractivity contribution < 1.29 is 24.0 Å². The van der Waals surface area contributed by atoms with Crippen LogP contribution in [-0.2, 0) is 4.79 Å². The van der Waals surface area contributed by atoms with Crippen LogP contribution in [0.1, 0.15) is 27.1 Å². The van der Waals surface area contributed by atoms with Crippen LogP contribution in [0, 0.1) is 10.1 Å². The third-order valence-electron chi connectivity index (χ3n) is 4.25. The first-order valence-electron chi connectivity index (χ1n) is 8.36. The first-order valence-corrected chi connectivity index (χ1v) is 9.75. The monoisotopic (exact) mass is 400 g/mol. The molecule has 3 rings (SSSR count). The maximum Gasteiger partial charge on any atom is 0.334 e. The molecule has 1 aliphatic heterocycles. The van der Waals surface area contributed by atoms with Crippen LogP contribution >= 0.6 is 11.8 Å². The Bertz CT molecular complexity index is 926. The highest BCUT2D eigenvalue weighted by molar-refractivity contribution is 7.98. The molecule has 0 aliphatic carbocycles. The number of hydrogen-bond donors (Lipinski definition) is 0. The lowest BCUT2D eigenvalue weighted by atomic mass is 10.1. The molecule has 1 atom stereocenters. The van der Waals surface area contributed by atoms with E-state index in [2.05, 4.69) is 0 Å².